The van der Waals surface area contributed by atoms with Crippen LogP contribution in [-0.2, 0) is 0 Å². The number of oxazole rings is 1. The molecule has 0 unspecified atom stereocenters. The van der Waals surface area contributed by atoms with Crippen molar-refractivity contribution in [3.8, 4) is 0 Å². The van der Waals surface area contributed by atoms with Gasteiger partial charge in [0, 0.05) is 11.3 Å². The summed E-state index contributed by atoms with van der Waals surface area (Å²) >= 11 is 1.27. The number of nitrogens with one attached hydrogen (secondary N) is 1. The number of Topliss-reactive ketones (excluding diaryl/α,β-unsaturated/α-hetero) is 2. The third kappa shape index (κ3) is 2.89. The molecule has 0 saturated heterocycles. The summed E-state index contributed by atoms with van der Waals surface area (Å²) in [5.74, 6) is -0.116. The Morgan fingerprint density at radius 3 is 2.58 bits per heavy atom. The molecule has 3 aromatic rings. The van der Waals surface area contributed by atoms with Crippen LogP contribution in [0.3, 0.4) is 0 Å². The third-order valence-electron chi connectivity index (χ3n) is 3.96. The zero-order valence-electron chi connectivity index (χ0n) is 14.0. The van der Waals surface area contributed by atoms with E-state index in [0.717, 1.165) is 11.2 Å². The van der Waals surface area contributed by atoms with Crippen molar-refractivity contribution in [1.82, 2.24) is 9.97 Å². The van der Waals surface area contributed by atoms with Crippen LogP contribution < -0.4 is 0 Å². The second-order valence-electron chi connectivity index (χ2n) is 5.75. The standard InChI is InChI=1S/C18H18N2O3S/c1-9-15(11(3)21)10(2)19-16(9)17(22)12(4)24-18-20-13-7-5-6-8-14(13)23-18/h5-8,12,19H,1-4H3/t12-/m1/s1. The molecule has 1 aromatic carbocycles. The molecule has 2 aromatic heterocycles. The molecule has 124 valence electrons. The lowest BCUT2D eigenvalue weighted by atomic mass is 10.0. The number of aryl methyl sites for hydroxylation is 1. The fourth-order valence-electron chi connectivity index (χ4n) is 2.83. The van der Waals surface area contributed by atoms with Crippen molar-refractivity contribution in [2.24, 2.45) is 0 Å². The van der Waals surface area contributed by atoms with Crippen molar-refractivity contribution >= 4 is 34.4 Å². The van der Waals surface area contributed by atoms with E-state index in [0.29, 0.717) is 27.6 Å². The lowest BCUT2D eigenvalue weighted by molar-refractivity contribution is 0.0988. The van der Waals surface area contributed by atoms with Gasteiger partial charge in [0.1, 0.15) is 5.52 Å². The number of H-pyrrole nitrogens is 1. The summed E-state index contributed by atoms with van der Waals surface area (Å²) in [6.45, 7) is 6.92. The number of hydrogen-bond acceptors (Lipinski definition) is 5. The first-order valence-electron chi connectivity index (χ1n) is 7.65. The number of carbonyl (C=O) groups is 2. The first kappa shape index (κ1) is 16.5. The Morgan fingerprint density at radius 1 is 1.25 bits per heavy atom. The normalized spacial score (nSPS) is 12.5. The van der Waals surface area contributed by atoms with Crippen LogP contribution in [0.5, 0.6) is 0 Å². The van der Waals surface area contributed by atoms with Crippen LogP contribution >= 0.6 is 11.8 Å². The second-order valence-corrected chi connectivity index (χ2v) is 7.05. The Bertz CT molecular complexity index is 906. The van der Waals surface area contributed by atoms with Crippen molar-refractivity contribution in [1.29, 1.82) is 0 Å². The maximum Gasteiger partial charge on any atom is 0.257 e. The van der Waals surface area contributed by atoms with Crippen molar-refractivity contribution in [3.63, 3.8) is 0 Å². The van der Waals surface area contributed by atoms with Gasteiger partial charge < -0.3 is 9.40 Å². The minimum atomic E-state index is -0.380. The van der Waals surface area contributed by atoms with Crippen molar-refractivity contribution in [2.75, 3.05) is 0 Å². The second kappa shape index (κ2) is 6.28. The van der Waals surface area contributed by atoms with Crippen LogP contribution in [0, 0.1) is 13.8 Å². The maximum absolute atomic E-state index is 12.7. The first-order chi connectivity index (χ1) is 11.4. The molecule has 0 aliphatic carbocycles. The van der Waals surface area contributed by atoms with Crippen molar-refractivity contribution < 1.29 is 14.0 Å². The Labute approximate surface area is 143 Å². The predicted octanol–water partition coefficient (Wildman–Crippen LogP) is 4.34. The number of rotatable bonds is 5. The van der Waals surface area contributed by atoms with E-state index in [2.05, 4.69) is 9.97 Å². The fraction of sp³-hybridized carbons (Fsp3) is 0.278. The average Bonchev–Trinajstić information content (AvgIpc) is 3.06. The summed E-state index contributed by atoms with van der Waals surface area (Å²) in [4.78, 5) is 31.9. The van der Waals surface area contributed by atoms with Crippen LogP contribution in [0.4, 0.5) is 0 Å². The molecular weight excluding hydrogens is 324 g/mol. The fourth-order valence-corrected chi connectivity index (χ4v) is 3.65. The highest BCUT2D eigenvalue weighted by molar-refractivity contribution is 8.00. The summed E-state index contributed by atoms with van der Waals surface area (Å²) in [6, 6.07) is 7.48. The number of nitrogens with zero attached hydrogens (tertiary/aromatic N) is 1. The summed E-state index contributed by atoms with van der Waals surface area (Å²) in [5.41, 5.74) is 3.97. The van der Waals surface area contributed by atoms with Gasteiger partial charge in [0.15, 0.2) is 17.1 Å². The van der Waals surface area contributed by atoms with Crippen molar-refractivity contribution in [3.05, 3.63) is 46.8 Å². The molecule has 0 amide bonds. The highest BCUT2D eigenvalue weighted by atomic mass is 32.2. The van der Waals surface area contributed by atoms with Gasteiger partial charge >= 0.3 is 0 Å². The number of hydrogen-bond donors (Lipinski definition) is 1. The van der Waals surface area contributed by atoms with Gasteiger partial charge in [-0.2, -0.15) is 0 Å². The Balaban J connectivity index is 1.84. The number of fused-ring (bicyclic) bond motifs is 1. The summed E-state index contributed by atoms with van der Waals surface area (Å²) in [7, 11) is 0. The van der Waals surface area contributed by atoms with Gasteiger partial charge in [0.25, 0.3) is 5.22 Å². The number of aromatic amines is 1. The number of aromatic nitrogens is 2. The van der Waals surface area contributed by atoms with Gasteiger partial charge in [-0.05, 0) is 45.4 Å². The highest BCUT2D eigenvalue weighted by Gasteiger charge is 2.25. The lowest BCUT2D eigenvalue weighted by Crippen LogP contribution is -2.15. The molecule has 1 N–H and O–H groups in total. The molecule has 0 fully saturated rings. The van der Waals surface area contributed by atoms with Gasteiger partial charge in [0.05, 0.1) is 10.9 Å². The molecule has 5 nitrogen and oxygen atoms in total. The molecular formula is C18H18N2O3S. The summed E-state index contributed by atoms with van der Waals surface area (Å²) in [6.07, 6.45) is 0. The van der Waals surface area contributed by atoms with Gasteiger partial charge in [-0.1, -0.05) is 23.9 Å². The van der Waals surface area contributed by atoms with E-state index >= 15 is 0 Å². The topological polar surface area (TPSA) is 76.0 Å². The van der Waals surface area contributed by atoms with Gasteiger partial charge in [0.2, 0.25) is 0 Å². The summed E-state index contributed by atoms with van der Waals surface area (Å²) in [5, 5.41) is 0.0828. The van der Waals surface area contributed by atoms with Gasteiger partial charge in [-0.3, -0.25) is 9.59 Å². The first-order valence-corrected chi connectivity index (χ1v) is 8.53. The zero-order chi connectivity index (χ0) is 17.4. The zero-order valence-corrected chi connectivity index (χ0v) is 14.8. The molecule has 24 heavy (non-hydrogen) atoms. The van der Waals surface area contributed by atoms with Crippen LogP contribution in [0.1, 0.15) is 46.0 Å². The minimum absolute atomic E-state index is 0.0421. The minimum Gasteiger partial charge on any atom is -0.431 e. The smallest absolute Gasteiger partial charge is 0.257 e. The molecule has 1 atom stereocenters. The molecule has 0 saturated carbocycles. The number of ketones is 2. The number of thioether (sulfide) groups is 1. The van der Waals surface area contributed by atoms with E-state index in [1.165, 1.54) is 18.7 Å². The van der Waals surface area contributed by atoms with E-state index < -0.39 is 0 Å². The highest BCUT2D eigenvalue weighted by Crippen LogP contribution is 2.29. The maximum atomic E-state index is 12.7. The number of carbonyl (C=O) groups excluding carboxylic acids is 2. The molecule has 0 aliphatic rings. The van der Waals surface area contributed by atoms with Crippen LogP contribution in [0.15, 0.2) is 33.9 Å². The third-order valence-corrected chi connectivity index (χ3v) is 4.90. The molecule has 0 spiro atoms. The SMILES string of the molecule is CC(=O)c1c(C)[nH]c(C(=O)[C@@H](C)Sc2nc3ccccc3o2)c1C. The monoisotopic (exact) mass is 342 g/mol. The quantitative estimate of drug-likeness (QED) is 0.551. The predicted molar refractivity (Wildman–Crippen MR) is 93.9 cm³/mol. The molecule has 0 aliphatic heterocycles. The van der Waals surface area contributed by atoms with E-state index in [1.54, 1.807) is 13.8 Å². The Morgan fingerprint density at radius 2 is 1.96 bits per heavy atom. The molecule has 6 heteroatoms. The largest absolute Gasteiger partial charge is 0.431 e. The van der Waals surface area contributed by atoms with E-state index in [9.17, 15) is 9.59 Å². The number of benzene rings is 1. The van der Waals surface area contributed by atoms with E-state index in [4.69, 9.17) is 4.42 Å². The van der Waals surface area contributed by atoms with Crippen molar-refractivity contribution in [2.45, 2.75) is 38.2 Å². The summed E-state index contributed by atoms with van der Waals surface area (Å²) < 4.78 is 5.66. The van der Waals surface area contributed by atoms with E-state index in [1.807, 2.05) is 31.2 Å². The molecule has 2 heterocycles. The molecule has 0 bridgehead atoms. The number of para-hydroxylation sites is 2. The molecule has 3 rings (SSSR count). The Hall–Kier alpha value is -2.34. The van der Waals surface area contributed by atoms with Crippen LogP contribution in [0.2, 0.25) is 0 Å². The van der Waals surface area contributed by atoms with Crippen LogP contribution in [0.25, 0.3) is 11.1 Å². The molecule has 0 radical (unpaired) electrons. The van der Waals surface area contributed by atoms with E-state index in [-0.39, 0.29) is 16.8 Å². The lowest BCUT2D eigenvalue weighted by Gasteiger charge is -2.07. The van der Waals surface area contributed by atoms with Gasteiger partial charge in [-0.25, -0.2) is 4.98 Å². The average molecular weight is 342 g/mol. The Kier molecular flexibility index (Phi) is 4.32. The van der Waals surface area contributed by atoms with Crippen LogP contribution in [-0.4, -0.2) is 26.8 Å². The van der Waals surface area contributed by atoms with Gasteiger partial charge in [-0.15, -0.1) is 0 Å².